The second-order valence-corrected chi connectivity index (χ2v) is 16.0. The van der Waals surface area contributed by atoms with Crippen LogP contribution < -0.4 is 4.89 Å². The number of unbranched alkanes of at least 4 members (excludes halogenated alkanes) is 14. The Hall–Kier alpha value is -2.03. The largest absolute Gasteiger partial charge is 0.756 e. The Morgan fingerprint density at radius 2 is 1.10 bits per heavy atom. The molecule has 0 rings (SSSR count). The van der Waals surface area contributed by atoms with E-state index in [0.29, 0.717) is 17.4 Å². The van der Waals surface area contributed by atoms with E-state index in [-0.39, 0.29) is 26.1 Å². The molecule has 0 aliphatic rings. The van der Waals surface area contributed by atoms with Gasteiger partial charge in [-0.2, -0.15) is 0 Å². The summed E-state index contributed by atoms with van der Waals surface area (Å²) in [7, 11) is 1.15. The van der Waals surface area contributed by atoms with E-state index in [0.717, 1.165) is 83.5 Å². The number of hydrogen-bond acceptors (Lipinski definition) is 8. The van der Waals surface area contributed by atoms with Crippen LogP contribution in [0.4, 0.5) is 0 Å². The lowest BCUT2D eigenvalue weighted by Gasteiger charge is -2.28. The van der Waals surface area contributed by atoms with E-state index >= 15 is 0 Å². The Morgan fingerprint density at radius 1 is 0.615 bits per heavy atom. The molecule has 0 spiro atoms. The second kappa shape index (κ2) is 34.7. The highest BCUT2D eigenvalue weighted by molar-refractivity contribution is 7.45. The lowest BCUT2D eigenvalue weighted by Crippen LogP contribution is -2.37. The number of rotatable bonds is 36. The third-order valence-electron chi connectivity index (χ3n) is 8.36. The van der Waals surface area contributed by atoms with Crippen molar-refractivity contribution in [1.29, 1.82) is 0 Å². The minimum atomic E-state index is -4.61. The van der Waals surface area contributed by atoms with Gasteiger partial charge in [-0.1, -0.05) is 140 Å². The summed E-state index contributed by atoms with van der Waals surface area (Å²) in [6, 6.07) is 0. The summed E-state index contributed by atoms with van der Waals surface area (Å²) in [4.78, 5) is 37.1. The predicted molar refractivity (Wildman–Crippen MR) is 213 cm³/mol. The first-order valence-corrected chi connectivity index (χ1v) is 21.8. The highest BCUT2D eigenvalue weighted by atomic mass is 31.2. The smallest absolute Gasteiger partial charge is 0.306 e. The van der Waals surface area contributed by atoms with Gasteiger partial charge in [0.1, 0.15) is 19.8 Å². The summed E-state index contributed by atoms with van der Waals surface area (Å²) in [6.45, 7) is 3.99. The molecule has 0 fully saturated rings. The maximum Gasteiger partial charge on any atom is 0.306 e. The van der Waals surface area contributed by atoms with Crippen molar-refractivity contribution in [2.45, 2.75) is 161 Å². The Morgan fingerprint density at radius 3 is 1.63 bits per heavy atom. The number of esters is 2. The van der Waals surface area contributed by atoms with Gasteiger partial charge in [0.05, 0.1) is 27.7 Å². The number of phosphoric ester groups is 1. The SMILES string of the molecule is CC/C=C\C/C=C\C/C=C\C/C=C\CCCCCCCCCCCCC(=O)OC(COC(=O)CCCCCCC)COP(=O)([O-])OCC[N+](C)(C)C. The van der Waals surface area contributed by atoms with Crippen LogP contribution in [-0.2, 0) is 32.7 Å². The van der Waals surface area contributed by atoms with Gasteiger partial charge in [0.2, 0.25) is 0 Å². The Kier molecular flexibility index (Phi) is 33.4. The lowest BCUT2D eigenvalue weighted by molar-refractivity contribution is -0.870. The van der Waals surface area contributed by atoms with Gasteiger partial charge in [0.25, 0.3) is 7.82 Å². The molecule has 0 aromatic carbocycles. The molecule has 0 bridgehead atoms. The number of hydrogen-bond donors (Lipinski definition) is 0. The van der Waals surface area contributed by atoms with Crippen molar-refractivity contribution in [3.05, 3.63) is 48.6 Å². The molecule has 0 radical (unpaired) electrons. The topological polar surface area (TPSA) is 111 Å². The molecule has 10 heteroatoms. The van der Waals surface area contributed by atoms with Crippen molar-refractivity contribution in [2.24, 2.45) is 0 Å². The first-order valence-electron chi connectivity index (χ1n) is 20.3. The van der Waals surface area contributed by atoms with E-state index in [1.165, 1.54) is 38.5 Å². The quantitative estimate of drug-likeness (QED) is 0.0204. The molecular weight excluding hydrogens is 677 g/mol. The summed E-state index contributed by atoms with van der Waals surface area (Å²) < 4.78 is 33.6. The van der Waals surface area contributed by atoms with Gasteiger partial charge in [-0.25, -0.2) is 0 Å². The molecule has 0 N–H and O–H groups in total. The first kappa shape index (κ1) is 50.0. The molecule has 0 amide bonds. The van der Waals surface area contributed by atoms with Crippen molar-refractivity contribution >= 4 is 19.8 Å². The summed E-state index contributed by atoms with van der Waals surface area (Å²) >= 11 is 0. The van der Waals surface area contributed by atoms with Crippen LogP contribution in [-0.4, -0.2) is 70.0 Å². The summed E-state index contributed by atoms with van der Waals surface area (Å²) in [5.74, 6) is -0.856. The molecule has 0 aromatic rings. The minimum absolute atomic E-state index is 0.0327. The molecule has 0 heterocycles. The molecule has 0 aromatic heterocycles. The van der Waals surface area contributed by atoms with Crippen LogP contribution in [0, 0.1) is 0 Å². The second-order valence-electron chi connectivity index (χ2n) is 14.6. The fourth-order valence-electron chi connectivity index (χ4n) is 5.17. The highest BCUT2D eigenvalue weighted by Gasteiger charge is 2.21. The van der Waals surface area contributed by atoms with E-state index in [1.54, 1.807) is 0 Å². The number of likely N-dealkylation sites (N-methyl/N-ethyl adjacent to an activating group) is 1. The molecule has 2 atom stereocenters. The van der Waals surface area contributed by atoms with Crippen LogP contribution in [0.1, 0.15) is 155 Å². The Balaban J connectivity index is 4.16. The van der Waals surface area contributed by atoms with Crippen molar-refractivity contribution in [3.63, 3.8) is 0 Å². The van der Waals surface area contributed by atoms with Crippen LogP contribution >= 0.6 is 7.82 Å². The molecule has 302 valence electrons. The molecule has 0 aliphatic carbocycles. The minimum Gasteiger partial charge on any atom is -0.756 e. The zero-order valence-electron chi connectivity index (χ0n) is 33.7. The molecular formula is C42H76NO8P. The molecule has 52 heavy (non-hydrogen) atoms. The summed E-state index contributed by atoms with van der Waals surface area (Å²) in [6.07, 6.45) is 39.0. The van der Waals surface area contributed by atoms with Crippen molar-refractivity contribution in [3.8, 4) is 0 Å². The van der Waals surface area contributed by atoms with E-state index in [1.807, 2.05) is 21.1 Å². The van der Waals surface area contributed by atoms with Crippen LogP contribution in [0.15, 0.2) is 48.6 Å². The average molecular weight is 754 g/mol. The van der Waals surface area contributed by atoms with Crippen LogP contribution in [0.2, 0.25) is 0 Å². The summed E-state index contributed by atoms with van der Waals surface area (Å²) in [5, 5.41) is 0. The number of carbonyl (C=O) groups excluding carboxylic acids is 2. The third-order valence-corrected chi connectivity index (χ3v) is 9.33. The Bertz CT molecular complexity index is 1030. The summed E-state index contributed by atoms with van der Waals surface area (Å²) in [5.41, 5.74) is 0. The number of ether oxygens (including phenoxy) is 2. The fourth-order valence-corrected chi connectivity index (χ4v) is 5.90. The van der Waals surface area contributed by atoms with Crippen LogP contribution in [0.5, 0.6) is 0 Å². The number of carbonyl (C=O) groups is 2. The molecule has 0 saturated heterocycles. The van der Waals surface area contributed by atoms with Crippen LogP contribution in [0.3, 0.4) is 0 Å². The van der Waals surface area contributed by atoms with Crippen LogP contribution in [0.25, 0.3) is 0 Å². The highest BCUT2D eigenvalue weighted by Crippen LogP contribution is 2.38. The van der Waals surface area contributed by atoms with Gasteiger partial charge < -0.3 is 27.9 Å². The van der Waals surface area contributed by atoms with Crippen molar-refractivity contribution in [2.75, 3.05) is 47.5 Å². The van der Waals surface area contributed by atoms with E-state index < -0.39 is 32.5 Å². The Labute approximate surface area is 318 Å². The molecule has 2 unspecified atom stereocenters. The first-order chi connectivity index (χ1) is 25.0. The van der Waals surface area contributed by atoms with Crippen molar-refractivity contribution in [1.82, 2.24) is 0 Å². The maximum absolute atomic E-state index is 12.6. The average Bonchev–Trinajstić information content (AvgIpc) is 3.09. The monoisotopic (exact) mass is 754 g/mol. The van der Waals surface area contributed by atoms with Gasteiger partial charge >= 0.3 is 11.9 Å². The molecule has 0 saturated carbocycles. The zero-order valence-corrected chi connectivity index (χ0v) is 34.6. The standard InChI is InChI=1S/C42H76NO8P/c1-6-8-10-12-13-14-15-16-17-18-19-20-21-22-23-24-25-26-27-28-29-31-33-35-42(45)51-40(38-48-41(44)34-32-30-11-9-7-2)39-50-52(46,47)49-37-36-43(3,4)5/h8,10,13-14,16-17,19-20,40H,6-7,9,11-12,15,18,21-39H2,1-5H3/b10-8-,14-13-,17-16-,20-19-. The molecule has 0 aliphatic heterocycles. The number of allylic oxidation sites excluding steroid dienone is 8. The van der Waals surface area contributed by atoms with E-state index in [9.17, 15) is 19.0 Å². The third kappa shape index (κ3) is 37.7. The normalized spacial score (nSPS) is 14.2. The van der Waals surface area contributed by atoms with Gasteiger partial charge in [-0.15, -0.1) is 0 Å². The lowest BCUT2D eigenvalue weighted by atomic mass is 10.0. The zero-order chi connectivity index (χ0) is 38.6. The maximum atomic E-state index is 12.6. The van der Waals surface area contributed by atoms with Gasteiger partial charge in [-0.3, -0.25) is 14.2 Å². The number of nitrogens with zero attached hydrogens (tertiary/aromatic N) is 1. The van der Waals surface area contributed by atoms with Gasteiger partial charge in [0.15, 0.2) is 6.10 Å². The van der Waals surface area contributed by atoms with E-state index in [4.69, 9.17) is 18.5 Å². The number of phosphoric acid groups is 1. The fraction of sp³-hybridized carbons (Fsp3) is 0.762. The van der Waals surface area contributed by atoms with E-state index in [2.05, 4.69) is 62.5 Å². The van der Waals surface area contributed by atoms with Gasteiger partial charge in [-0.05, 0) is 51.4 Å². The predicted octanol–water partition coefficient (Wildman–Crippen LogP) is 10.5. The van der Waals surface area contributed by atoms with Gasteiger partial charge in [0, 0.05) is 12.8 Å². The number of quaternary nitrogens is 1. The molecule has 9 nitrogen and oxygen atoms in total. The van der Waals surface area contributed by atoms with Crippen molar-refractivity contribution < 1.29 is 42.1 Å².